The van der Waals surface area contributed by atoms with Gasteiger partial charge in [0.05, 0.1) is 0 Å². The summed E-state index contributed by atoms with van der Waals surface area (Å²) < 4.78 is 27.1. The number of hydrogen-bond donors (Lipinski definition) is 3. The summed E-state index contributed by atoms with van der Waals surface area (Å²) in [6, 6.07) is 0. The second-order valence-corrected chi connectivity index (χ2v) is 4.16. The molecule has 11 heavy (non-hydrogen) atoms. The first-order valence-electron chi connectivity index (χ1n) is 1.92. The van der Waals surface area contributed by atoms with E-state index in [1.165, 1.54) is 0 Å². The number of hydrogen-bond acceptors (Lipinski definition) is 4. The van der Waals surface area contributed by atoms with E-state index in [4.69, 9.17) is 14.7 Å². The standard InChI is InChI=1S/CH6O7P2.Na.H/c1-7-10(5,6)8-9(2,3)4;;/h1H3,(H,5,6)(H2,2,3,4);;. The summed E-state index contributed by atoms with van der Waals surface area (Å²) in [5.74, 6) is 0. The molecule has 1 atom stereocenters. The van der Waals surface area contributed by atoms with Crippen LogP contribution in [0.1, 0.15) is 0 Å². The van der Waals surface area contributed by atoms with Crippen molar-refractivity contribution in [2.24, 2.45) is 0 Å². The SMILES string of the molecule is COP(=O)(O)OP(=O)(O)O.[NaH]. The number of rotatable bonds is 3. The molecular formula is CH7NaO7P2. The summed E-state index contributed by atoms with van der Waals surface area (Å²) in [5, 5.41) is 0. The second-order valence-electron chi connectivity index (χ2n) is 1.22. The average molecular weight is 216 g/mol. The Morgan fingerprint density at radius 3 is 1.64 bits per heavy atom. The second kappa shape index (κ2) is 5.09. The van der Waals surface area contributed by atoms with Gasteiger partial charge in [-0.15, -0.1) is 0 Å². The molecule has 0 bridgehead atoms. The van der Waals surface area contributed by atoms with E-state index in [0.29, 0.717) is 0 Å². The van der Waals surface area contributed by atoms with Crippen LogP contribution in [0.2, 0.25) is 0 Å². The van der Waals surface area contributed by atoms with Crippen LogP contribution in [0.4, 0.5) is 0 Å². The van der Waals surface area contributed by atoms with Crippen molar-refractivity contribution in [2.75, 3.05) is 7.11 Å². The third-order valence-electron chi connectivity index (χ3n) is 0.440. The number of phosphoric acid groups is 2. The molecule has 0 spiro atoms. The van der Waals surface area contributed by atoms with Crippen LogP contribution >= 0.6 is 15.6 Å². The van der Waals surface area contributed by atoms with Gasteiger partial charge in [-0.3, -0.25) is 4.52 Å². The molecule has 1 unspecified atom stereocenters. The Labute approximate surface area is 84.9 Å². The van der Waals surface area contributed by atoms with Gasteiger partial charge in [0.25, 0.3) is 0 Å². The van der Waals surface area contributed by atoms with Gasteiger partial charge in [-0.2, -0.15) is 4.31 Å². The Morgan fingerprint density at radius 1 is 1.18 bits per heavy atom. The molecule has 0 aliphatic rings. The van der Waals surface area contributed by atoms with E-state index < -0.39 is 15.6 Å². The van der Waals surface area contributed by atoms with Gasteiger partial charge < -0.3 is 14.7 Å². The molecule has 7 nitrogen and oxygen atoms in total. The summed E-state index contributed by atoms with van der Waals surface area (Å²) in [6.07, 6.45) is 0. The summed E-state index contributed by atoms with van der Waals surface area (Å²) in [7, 11) is -8.71. The summed E-state index contributed by atoms with van der Waals surface area (Å²) in [5.41, 5.74) is 0. The van der Waals surface area contributed by atoms with Crippen molar-refractivity contribution >= 4 is 45.2 Å². The van der Waals surface area contributed by atoms with Crippen LogP contribution in [0.5, 0.6) is 0 Å². The first-order valence-corrected chi connectivity index (χ1v) is 4.95. The van der Waals surface area contributed by atoms with Gasteiger partial charge in [0, 0.05) is 7.11 Å². The molecule has 0 aliphatic carbocycles. The van der Waals surface area contributed by atoms with Crippen molar-refractivity contribution in [1.29, 1.82) is 0 Å². The Kier molecular flexibility index (Phi) is 6.83. The average Bonchev–Trinajstić information content (AvgIpc) is 1.60. The molecule has 0 aromatic heterocycles. The monoisotopic (exact) mass is 216 g/mol. The topological polar surface area (TPSA) is 113 Å². The summed E-state index contributed by atoms with van der Waals surface area (Å²) in [6.45, 7) is 0. The third-order valence-corrected chi connectivity index (χ3v) is 2.58. The molecule has 0 aliphatic heterocycles. The van der Waals surface area contributed by atoms with Crippen LogP contribution in [-0.4, -0.2) is 51.3 Å². The minimum absolute atomic E-state index is 0. The molecule has 0 fully saturated rings. The fourth-order valence-electron chi connectivity index (χ4n) is 0.168. The van der Waals surface area contributed by atoms with Gasteiger partial charge in [-0.1, -0.05) is 0 Å². The fourth-order valence-corrected chi connectivity index (χ4v) is 1.51. The van der Waals surface area contributed by atoms with Crippen LogP contribution in [0.3, 0.4) is 0 Å². The summed E-state index contributed by atoms with van der Waals surface area (Å²) in [4.78, 5) is 24.2. The predicted octanol–water partition coefficient (Wildman–Crippen LogP) is -0.806. The van der Waals surface area contributed by atoms with E-state index in [9.17, 15) is 9.13 Å². The zero-order valence-corrected chi connectivity index (χ0v) is 6.66. The van der Waals surface area contributed by atoms with Gasteiger partial charge >= 0.3 is 45.2 Å². The van der Waals surface area contributed by atoms with Crippen molar-refractivity contribution in [2.45, 2.75) is 0 Å². The van der Waals surface area contributed by atoms with Crippen molar-refractivity contribution in [1.82, 2.24) is 0 Å². The van der Waals surface area contributed by atoms with Crippen LogP contribution in [0.25, 0.3) is 0 Å². The molecule has 0 aromatic carbocycles. The van der Waals surface area contributed by atoms with Gasteiger partial charge in [-0.25, -0.2) is 9.13 Å². The number of phosphoric ester groups is 1. The molecule has 10 heteroatoms. The van der Waals surface area contributed by atoms with E-state index in [0.717, 1.165) is 7.11 Å². The first kappa shape index (κ1) is 14.8. The quantitative estimate of drug-likeness (QED) is 0.417. The van der Waals surface area contributed by atoms with Crippen LogP contribution in [0.15, 0.2) is 0 Å². The van der Waals surface area contributed by atoms with E-state index in [2.05, 4.69) is 8.83 Å². The molecule has 64 valence electrons. The summed E-state index contributed by atoms with van der Waals surface area (Å²) >= 11 is 0. The van der Waals surface area contributed by atoms with E-state index in [1.807, 2.05) is 0 Å². The predicted molar refractivity (Wildman–Crippen MR) is 37.1 cm³/mol. The van der Waals surface area contributed by atoms with Crippen molar-refractivity contribution in [3.63, 3.8) is 0 Å². The normalized spacial score (nSPS) is 16.7. The Hall–Kier alpha value is 1.26. The van der Waals surface area contributed by atoms with E-state index in [-0.39, 0.29) is 29.6 Å². The van der Waals surface area contributed by atoms with E-state index >= 15 is 0 Å². The van der Waals surface area contributed by atoms with Crippen molar-refractivity contribution in [3.05, 3.63) is 0 Å². The Morgan fingerprint density at radius 2 is 1.55 bits per heavy atom. The molecular weight excluding hydrogens is 209 g/mol. The maximum absolute atomic E-state index is 10.2. The third kappa shape index (κ3) is 9.17. The van der Waals surface area contributed by atoms with Gasteiger partial charge in [0.2, 0.25) is 0 Å². The zero-order chi connectivity index (χ0) is 8.41. The fraction of sp³-hybridized carbons (Fsp3) is 1.00. The zero-order valence-electron chi connectivity index (χ0n) is 4.87. The Bertz CT molecular complexity index is 195. The first-order chi connectivity index (χ1) is 4.27. The van der Waals surface area contributed by atoms with Crippen molar-refractivity contribution in [3.8, 4) is 0 Å². The molecule has 0 saturated carbocycles. The van der Waals surface area contributed by atoms with Crippen LogP contribution < -0.4 is 0 Å². The maximum atomic E-state index is 10.2. The molecule has 0 rings (SSSR count). The van der Waals surface area contributed by atoms with Crippen molar-refractivity contribution < 1.29 is 32.6 Å². The van der Waals surface area contributed by atoms with Crippen LogP contribution in [0, 0.1) is 0 Å². The molecule has 3 N–H and O–H groups in total. The molecule has 0 saturated heterocycles. The van der Waals surface area contributed by atoms with E-state index in [1.54, 1.807) is 0 Å². The van der Waals surface area contributed by atoms with Gasteiger partial charge in [-0.05, 0) is 0 Å². The molecule has 0 heterocycles. The van der Waals surface area contributed by atoms with Crippen LogP contribution in [-0.2, 0) is 18.0 Å². The van der Waals surface area contributed by atoms with Gasteiger partial charge in [0.15, 0.2) is 0 Å². The molecule has 0 radical (unpaired) electrons. The molecule has 0 amide bonds. The minimum atomic E-state index is -4.94. The van der Waals surface area contributed by atoms with Gasteiger partial charge in [0.1, 0.15) is 0 Å². The Balaban J connectivity index is 0. The molecule has 0 aromatic rings.